The monoisotopic (exact) mass is 896 g/mol. The number of aryl methyl sites for hydroxylation is 1. The van der Waals surface area contributed by atoms with E-state index in [9.17, 15) is 2.74 Å². The third kappa shape index (κ3) is 6.91. The van der Waals surface area contributed by atoms with E-state index in [4.69, 9.17) is 8.53 Å². The molecule has 68 heavy (non-hydrogen) atoms. The maximum absolute atomic E-state index is 9.96. The first-order valence-electron chi connectivity index (χ1n) is 27.1. The van der Waals surface area contributed by atoms with Crippen molar-refractivity contribution in [2.75, 3.05) is 9.80 Å². The van der Waals surface area contributed by atoms with Gasteiger partial charge in [0.05, 0.1) is 23.9 Å². The van der Waals surface area contributed by atoms with E-state index in [1.165, 1.54) is 16.7 Å². The molecule has 11 rings (SSSR count). The molecule has 3 nitrogen and oxygen atoms in total. The number of anilines is 6. The van der Waals surface area contributed by atoms with Crippen molar-refractivity contribution in [2.24, 2.45) is 0 Å². The number of hydrogen-bond donors (Lipinski definition) is 0. The standard InChI is InChI=1S/C64H67BN2O/c1-40-34-54-57-55(35-40)67(52-30-26-44(61(5,6)7)36-47(52)41-20-16-14-17-21-41)53-31-27-45(64(12,13)43-22-18-15-19-23-43)37-51(53)65(57)59-58(66(54)46-28-24-42(25-29-46)60(2,3)4)48-38-49-50(39-56(48)68-59)63(10,11)33-32-62(49,8)9/h14-31,34-39H,32-33H2,1-13H3/i15D,18D,19D,28D,29D. The van der Waals surface area contributed by atoms with E-state index in [0.717, 1.165) is 102 Å². The van der Waals surface area contributed by atoms with Crippen LogP contribution >= 0.6 is 0 Å². The van der Waals surface area contributed by atoms with Crippen molar-refractivity contribution < 1.29 is 11.3 Å². The lowest BCUT2D eigenvalue weighted by molar-refractivity contribution is 0.332. The predicted octanol–water partition coefficient (Wildman–Crippen LogP) is 15.8. The minimum atomic E-state index is -0.665. The Morgan fingerprint density at radius 1 is 0.574 bits per heavy atom. The van der Waals surface area contributed by atoms with Crippen molar-refractivity contribution in [1.82, 2.24) is 0 Å². The average molecular weight is 896 g/mol. The van der Waals surface area contributed by atoms with E-state index in [1.807, 2.05) is 12.1 Å². The van der Waals surface area contributed by atoms with Crippen molar-refractivity contribution in [2.45, 2.75) is 130 Å². The molecule has 0 saturated heterocycles. The van der Waals surface area contributed by atoms with Crippen molar-refractivity contribution in [3.8, 4) is 11.1 Å². The molecule has 0 saturated carbocycles. The van der Waals surface area contributed by atoms with Gasteiger partial charge in [0.1, 0.15) is 5.58 Å². The zero-order chi connectivity index (χ0) is 52.2. The summed E-state index contributed by atoms with van der Waals surface area (Å²) in [6, 6.07) is 41.5. The van der Waals surface area contributed by atoms with Gasteiger partial charge in [0.15, 0.2) is 0 Å². The summed E-state index contributed by atoms with van der Waals surface area (Å²) in [6.45, 7) is 28.6. The van der Waals surface area contributed by atoms with Gasteiger partial charge >= 0.3 is 0 Å². The first kappa shape index (κ1) is 38.7. The van der Waals surface area contributed by atoms with E-state index in [2.05, 4.69) is 191 Å². The molecular formula is C64H67BN2O. The zero-order valence-electron chi connectivity index (χ0n) is 47.3. The van der Waals surface area contributed by atoms with Crippen LogP contribution in [0.1, 0.15) is 142 Å². The van der Waals surface area contributed by atoms with Gasteiger partial charge in [0, 0.05) is 39.1 Å². The van der Waals surface area contributed by atoms with Crippen LogP contribution in [0, 0.1) is 6.92 Å². The molecule has 2 aliphatic heterocycles. The summed E-state index contributed by atoms with van der Waals surface area (Å²) in [6.07, 6.45) is 2.11. The molecule has 0 bridgehead atoms. The summed E-state index contributed by atoms with van der Waals surface area (Å²) in [5.41, 5.74) is 17.6. The lowest BCUT2D eigenvalue weighted by Crippen LogP contribution is -2.61. The van der Waals surface area contributed by atoms with E-state index < -0.39 is 12.1 Å². The Kier molecular flexibility index (Phi) is 8.60. The number of nitrogens with zero attached hydrogens (tertiary/aromatic N) is 2. The molecular weight excluding hydrogens is 824 g/mol. The first-order valence-corrected chi connectivity index (χ1v) is 24.6. The summed E-state index contributed by atoms with van der Waals surface area (Å²) in [7, 11) is 0. The highest BCUT2D eigenvalue weighted by molar-refractivity contribution is 7.00. The Morgan fingerprint density at radius 3 is 1.82 bits per heavy atom. The van der Waals surface area contributed by atoms with Gasteiger partial charge < -0.3 is 14.2 Å². The highest BCUT2D eigenvalue weighted by Crippen LogP contribution is 2.53. The summed E-state index contributed by atoms with van der Waals surface area (Å²) in [5.74, 6) is 0. The SMILES string of the molecule is [2H]c1cc(C(C)(C)c2ccc3c(c2)B2c4oc5cc6c(cc5c4N(c4c([2H])cc(C(C)(C)C)cc4[2H])c4cc(C)cc(c42)N3c2ccc(C(C)(C)C)cc2-c2ccccc2)C(C)(C)CCC6(C)C)cc([2H])c1[2H]. The molecule has 1 aliphatic carbocycles. The Hall–Kier alpha value is -6.26. The molecule has 0 unspecified atom stereocenters. The summed E-state index contributed by atoms with van der Waals surface area (Å²) >= 11 is 0. The minimum absolute atomic E-state index is 0.0344. The molecule has 1 aromatic heterocycles. The third-order valence-electron chi connectivity index (χ3n) is 15.8. The molecule has 0 atom stereocenters. The normalized spacial score (nSPS) is 17.1. The predicted molar refractivity (Wildman–Crippen MR) is 292 cm³/mol. The van der Waals surface area contributed by atoms with Gasteiger partial charge in [0.25, 0.3) is 6.71 Å². The van der Waals surface area contributed by atoms with Crippen LogP contribution in [0.5, 0.6) is 0 Å². The number of rotatable bonds is 5. The number of furan rings is 1. The van der Waals surface area contributed by atoms with Gasteiger partial charge in [-0.1, -0.05) is 174 Å². The Morgan fingerprint density at radius 2 is 1.18 bits per heavy atom. The summed E-state index contributed by atoms with van der Waals surface area (Å²) < 4.78 is 53.3. The van der Waals surface area contributed by atoms with Crippen LogP contribution in [0.15, 0.2) is 150 Å². The van der Waals surface area contributed by atoms with Crippen molar-refractivity contribution in [3.63, 3.8) is 0 Å². The highest BCUT2D eigenvalue weighted by Gasteiger charge is 2.48. The van der Waals surface area contributed by atoms with E-state index in [-0.39, 0.29) is 51.9 Å². The van der Waals surface area contributed by atoms with Crippen LogP contribution in [0.2, 0.25) is 0 Å². The second-order valence-corrected chi connectivity index (χ2v) is 23.8. The lowest BCUT2D eigenvalue weighted by Gasteiger charge is -2.44. The molecule has 0 N–H and O–H groups in total. The second kappa shape index (κ2) is 15.1. The minimum Gasteiger partial charge on any atom is -0.468 e. The number of fused-ring (bicyclic) bond motifs is 7. The molecule has 8 aromatic rings. The largest absolute Gasteiger partial charge is 0.468 e. The van der Waals surface area contributed by atoms with Crippen molar-refractivity contribution in [3.05, 3.63) is 184 Å². The fraction of sp³-hybridized carbons (Fsp3) is 0.312. The topological polar surface area (TPSA) is 19.6 Å². The van der Waals surface area contributed by atoms with Crippen molar-refractivity contribution >= 4 is 68.4 Å². The molecule has 7 aromatic carbocycles. The second-order valence-electron chi connectivity index (χ2n) is 23.8. The van der Waals surface area contributed by atoms with E-state index in [0.29, 0.717) is 5.69 Å². The molecule has 3 heterocycles. The first-order chi connectivity index (χ1) is 34.2. The van der Waals surface area contributed by atoms with Crippen molar-refractivity contribution in [1.29, 1.82) is 0 Å². The van der Waals surface area contributed by atoms with Crippen LogP contribution in [0.4, 0.5) is 34.1 Å². The third-order valence-corrected chi connectivity index (χ3v) is 15.8. The fourth-order valence-electron chi connectivity index (χ4n) is 11.4. The lowest BCUT2D eigenvalue weighted by atomic mass is 9.35. The molecule has 0 fully saturated rings. The van der Waals surface area contributed by atoms with Crippen LogP contribution in [0.3, 0.4) is 0 Å². The Balaban J connectivity index is 1.29. The molecule has 4 heteroatoms. The van der Waals surface area contributed by atoms with Crippen LogP contribution in [-0.4, -0.2) is 6.71 Å². The van der Waals surface area contributed by atoms with Gasteiger partial charge in [-0.2, -0.15) is 0 Å². The van der Waals surface area contributed by atoms with Crippen LogP contribution in [-0.2, 0) is 27.1 Å². The molecule has 0 spiro atoms. The quantitative estimate of drug-likeness (QED) is 0.161. The van der Waals surface area contributed by atoms with E-state index in [1.54, 1.807) is 12.1 Å². The van der Waals surface area contributed by atoms with Crippen LogP contribution < -0.4 is 26.4 Å². The smallest absolute Gasteiger partial charge is 0.297 e. The number of hydrogen-bond acceptors (Lipinski definition) is 3. The zero-order valence-corrected chi connectivity index (χ0v) is 42.3. The van der Waals surface area contributed by atoms with Gasteiger partial charge in [-0.05, 0) is 151 Å². The maximum Gasteiger partial charge on any atom is 0.297 e. The molecule has 0 amide bonds. The van der Waals surface area contributed by atoms with Crippen LogP contribution in [0.25, 0.3) is 22.1 Å². The Bertz CT molecular complexity index is 3570. The van der Waals surface area contributed by atoms with E-state index >= 15 is 0 Å². The fourth-order valence-corrected chi connectivity index (χ4v) is 11.4. The average Bonchev–Trinajstić information content (AvgIpc) is 3.70. The van der Waals surface area contributed by atoms with Gasteiger partial charge in [-0.3, -0.25) is 0 Å². The molecule has 0 radical (unpaired) electrons. The molecule has 3 aliphatic rings. The van der Waals surface area contributed by atoms with Gasteiger partial charge in [0.2, 0.25) is 0 Å². The maximum atomic E-state index is 9.96. The van der Waals surface area contributed by atoms with Gasteiger partial charge in [-0.15, -0.1) is 0 Å². The Labute approximate surface area is 413 Å². The number of benzene rings is 7. The highest BCUT2D eigenvalue weighted by atomic mass is 16.3. The van der Waals surface area contributed by atoms with Gasteiger partial charge in [-0.25, -0.2) is 0 Å². The summed E-state index contributed by atoms with van der Waals surface area (Å²) in [5, 5.41) is 0.970. The summed E-state index contributed by atoms with van der Waals surface area (Å²) in [4.78, 5) is 4.64. The molecule has 342 valence electrons.